The Labute approximate surface area is 157 Å². The number of carboxylic acids is 1. The first-order valence-electron chi connectivity index (χ1n) is 8.56. The van der Waals surface area contributed by atoms with Crippen LogP contribution in [-0.4, -0.2) is 42.3 Å². The number of carbonyl (C=O) groups excluding carboxylic acids is 1. The van der Waals surface area contributed by atoms with E-state index in [1.54, 1.807) is 42.5 Å². The third-order valence-corrected chi connectivity index (χ3v) is 6.36. The molecule has 1 fully saturated rings. The molecule has 1 amide bonds. The second-order valence-corrected chi connectivity index (χ2v) is 8.23. The van der Waals surface area contributed by atoms with E-state index in [9.17, 15) is 18.0 Å². The second kappa shape index (κ2) is 7.89. The molecular weight excluding hydrogens is 368 g/mol. The van der Waals surface area contributed by atoms with Gasteiger partial charge in [0.2, 0.25) is 15.9 Å². The van der Waals surface area contributed by atoms with Gasteiger partial charge in [-0.05, 0) is 42.7 Å². The fraction of sp³-hybridized carbons (Fsp3) is 0.263. The lowest BCUT2D eigenvalue weighted by molar-refractivity contribution is -0.136. The molecule has 1 heterocycles. The molecule has 0 bridgehead atoms. The van der Waals surface area contributed by atoms with Gasteiger partial charge in [0.25, 0.3) is 0 Å². The normalized spacial score (nSPS) is 17.6. The SMILES string of the molecule is O=C(O)Cc1ccc(NC(=O)C2CCCN2S(=O)(=O)c2ccccc2)cc1. The summed E-state index contributed by atoms with van der Waals surface area (Å²) < 4.78 is 26.9. The number of anilines is 1. The van der Waals surface area contributed by atoms with E-state index in [0.717, 1.165) is 0 Å². The van der Waals surface area contributed by atoms with Crippen molar-refractivity contribution in [2.24, 2.45) is 0 Å². The minimum absolute atomic E-state index is 0.0973. The molecule has 1 saturated heterocycles. The zero-order chi connectivity index (χ0) is 19.4. The van der Waals surface area contributed by atoms with E-state index < -0.39 is 27.9 Å². The van der Waals surface area contributed by atoms with Gasteiger partial charge < -0.3 is 10.4 Å². The highest BCUT2D eigenvalue weighted by atomic mass is 32.2. The van der Waals surface area contributed by atoms with Crippen molar-refractivity contribution in [1.82, 2.24) is 4.31 Å². The molecule has 7 nitrogen and oxygen atoms in total. The van der Waals surface area contributed by atoms with Crippen LogP contribution in [0.1, 0.15) is 18.4 Å². The second-order valence-electron chi connectivity index (χ2n) is 6.34. The summed E-state index contributed by atoms with van der Waals surface area (Å²) in [7, 11) is -3.74. The Hall–Kier alpha value is -2.71. The summed E-state index contributed by atoms with van der Waals surface area (Å²) in [5, 5.41) is 11.5. The van der Waals surface area contributed by atoms with Crippen LogP contribution >= 0.6 is 0 Å². The Morgan fingerprint density at radius 2 is 1.74 bits per heavy atom. The molecule has 1 aliphatic heterocycles. The van der Waals surface area contributed by atoms with Crippen LogP contribution in [0.25, 0.3) is 0 Å². The predicted octanol–water partition coefficient (Wildman–Crippen LogP) is 2.11. The molecule has 1 atom stereocenters. The number of nitrogens with one attached hydrogen (secondary N) is 1. The summed E-state index contributed by atoms with van der Waals surface area (Å²) in [6.07, 6.45) is 0.969. The van der Waals surface area contributed by atoms with E-state index in [-0.39, 0.29) is 11.3 Å². The molecule has 27 heavy (non-hydrogen) atoms. The van der Waals surface area contributed by atoms with Crippen molar-refractivity contribution in [1.29, 1.82) is 0 Å². The van der Waals surface area contributed by atoms with Gasteiger partial charge in [-0.2, -0.15) is 4.31 Å². The van der Waals surface area contributed by atoms with Gasteiger partial charge >= 0.3 is 5.97 Å². The number of hydrogen-bond acceptors (Lipinski definition) is 4. The number of sulfonamides is 1. The fourth-order valence-corrected chi connectivity index (χ4v) is 4.80. The minimum Gasteiger partial charge on any atom is -0.481 e. The van der Waals surface area contributed by atoms with Crippen molar-refractivity contribution < 1.29 is 23.1 Å². The van der Waals surface area contributed by atoms with Gasteiger partial charge in [0, 0.05) is 12.2 Å². The van der Waals surface area contributed by atoms with Crippen LogP contribution in [0, 0.1) is 0 Å². The molecule has 2 aromatic rings. The van der Waals surface area contributed by atoms with Crippen LogP contribution in [0.2, 0.25) is 0 Å². The number of aliphatic carboxylic acids is 1. The molecule has 1 aliphatic rings. The first kappa shape index (κ1) is 19.1. The highest BCUT2D eigenvalue weighted by Gasteiger charge is 2.39. The van der Waals surface area contributed by atoms with Crippen molar-refractivity contribution in [3.05, 3.63) is 60.2 Å². The van der Waals surface area contributed by atoms with Crippen LogP contribution < -0.4 is 5.32 Å². The average Bonchev–Trinajstić information content (AvgIpc) is 3.14. The van der Waals surface area contributed by atoms with Crippen molar-refractivity contribution in [3.63, 3.8) is 0 Å². The van der Waals surface area contributed by atoms with Crippen molar-refractivity contribution in [3.8, 4) is 0 Å². The van der Waals surface area contributed by atoms with Crippen LogP contribution in [0.5, 0.6) is 0 Å². The quantitative estimate of drug-likeness (QED) is 0.789. The Bertz CT molecular complexity index is 926. The van der Waals surface area contributed by atoms with Crippen LogP contribution in [0.4, 0.5) is 5.69 Å². The van der Waals surface area contributed by atoms with Crippen molar-refractivity contribution in [2.45, 2.75) is 30.2 Å². The highest BCUT2D eigenvalue weighted by molar-refractivity contribution is 7.89. The maximum atomic E-state index is 12.8. The number of carboxylic acid groups (broad SMARTS) is 1. The standard InChI is InChI=1S/C19H20N2O5S/c22-18(23)13-14-8-10-15(11-9-14)20-19(24)17-7-4-12-21(17)27(25,26)16-5-2-1-3-6-16/h1-3,5-6,8-11,17H,4,7,12-13H2,(H,20,24)(H,22,23). The first-order chi connectivity index (χ1) is 12.9. The van der Waals surface area contributed by atoms with E-state index in [1.807, 2.05) is 0 Å². The maximum Gasteiger partial charge on any atom is 0.307 e. The van der Waals surface area contributed by atoms with E-state index in [2.05, 4.69) is 5.32 Å². The van der Waals surface area contributed by atoms with Gasteiger partial charge in [-0.1, -0.05) is 30.3 Å². The van der Waals surface area contributed by atoms with Gasteiger partial charge in [0.05, 0.1) is 11.3 Å². The van der Waals surface area contributed by atoms with Crippen LogP contribution in [0.3, 0.4) is 0 Å². The summed E-state index contributed by atoms with van der Waals surface area (Å²) in [5.74, 6) is -1.32. The van der Waals surface area contributed by atoms with E-state index in [4.69, 9.17) is 5.11 Å². The largest absolute Gasteiger partial charge is 0.481 e. The van der Waals surface area contributed by atoms with Gasteiger partial charge in [-0.3, -0.25) is 9.59 Å². The Balaban J connectivity index is 1.73. The summed E-state index contributed by atoms with van der Waals surface area (Å²) in [4.78, 5) is 23.5. The lowest BCUT2D eigenvalue weighted by Gasteiger charge is -2.23. The summed E-state index contributed by atoms with van der Waals surface area (Å²) in [6, 6.07) is 13.8. The number of benzene rings is 2. The van der Waals surface area contributed by atoms with Crippen molar-refractivity contribution >= 4 is 27.6 Å². The third kappa shape index (κ3) is 4.35. The topological polar surface area (TPSA) is 104 Å². The highest BCUT2D eigenvalue weighted by Crippen LogP contribution is 2.27. The molecule has 3 rings (SSSR count). The lowest BCUT2D eigenvalue weighted by Crippen LogP contribution is -2.43. The van der Waals surface area contributed by atoms with Gasteiger partial charge in [0.1, 0.15) is 6.04 Å². The molecule has 142 valence electrons. The molecule has 0 aromatic heterocycles. The van der Waals surface area contributed by atoms with Crippen LogP contribution in [0.15, 0.2) is 59.5 Å². The fourth-order valence-electron chi connectivity index (χ4n) is 3.12. The Morgan fingerprint density at radius 3 is 2.37 bits per heavy atom. The summed E-state index contributed by atoms with van der Waals surface area (Å²) >= 11 is 0. The van der Waals surface area contributed by atoms with E-state index in [1.165, 1.54) is 16.4 Å². The van der Waals surface area contributed by atoms with Crippen LogP contribution in [-0.2, 0) is 26.0 Å². The maximum absolute atomic E-state index is 12.8. The number of hydrogen-bond donors (Lipinski definition) is 2. The van der Waals surface area contributed by atoms with E-state index in [0.29, 0.717) is 30.6 Å². The summed E-state index contributed by atoms with van der Waals surface area (Å²) in [6.45, 7) is 0.298. The Morgan fingerprint density at radius 1 is 1.07 bits per heavy atom. The smallest absolute Gasteiger partial charge is 0.307 e. The monoisotopic (exact) mass is 388 g/mol. The number of rotatable bonds is 6. The number of nitrogens with zero attached hydrogens (tertiary/aromatic N) is 1. The molecule has 0 radical (unpaired) electrons. The van der Waals surface area contributed by atoms with Gasteiger partial charge in [-0.15, -0.1) is 0 Å². The Kier molecular flexibility index (Phi) is 5.57. The number of carbonyl (C=O) groups is 2. The van der Waals surface area contributed by atoms with Crippen molar-refractivity contribution in [2.75, 3.05) is 11.9 Å². The molecule has 0 spiro atoms. The minimum atomic E-state index is -3.74. The van der Waals surface area contributed by atoms with Gasteiger partial charge in [0.15, 0.2) is 0 Å². The average molecular weight is 388 g/mol. The molecule has 1 unspecified atom stereocenters. The molecule has 8 heteroatoms. The van der Waals surface area contributed by atoms with E-state index >= 15 is 0 Å². The molecule has 2 aromatic carbocycles. The zero-order valence-corrected chi connectivity index (χ0v) is 15.4. The lowest BCUT2D eigenvalue weighted by atomic mass is 10.1. The molecular formula is C19H20N2O5S. The first-order valence-corrected chi connectivity index (χ1v) is 10.0. The third-order valence-electron chi connectivity index (χ3n) is 4.43. The predicted molar refractivity (Wildman–Crippen MR) is 99.8 cm³/mol. The zero-order valence-electron chi connectivity index (χ0n) is 14.5. The molecule has 0 aliphatic carbocycles. The molecule has 2 N–H and O–H groups in total. The molecule has 0 saturated carbocycles. The summed E-state index contributed by atoms with van der Waals surface area (Å²) in [5.41, 5.74) is 1.12. The number of amides is 1. The van der Waals surface area contributed by atoms with Gasteiger partial charge in [-0.25, -0.2) is 8.42 Å².